The highest BCUT2D eigenvalue weighted by Gasteiger charge is 2.22. The highest BCUT2D eigenvalue weighted by atomic mass is 19.1. The summed E-state index contributed by atoms with van der Waals surface area (Å²) in [5.41, 5.74) is 0.647. The van der Waals surface area contributed by atoms with Gasteiger partial charge in [0.1, 0.15) is 5.82 Å². The van der Waals surface area contributed by atoms with Crippen molar-refractivity contribution in [3.63, 3.8) is 0 Å². The van der Waals surface area contributed by atoms with Crippen LogP contribution in [0.3, 0.4) is 0 Å². The Morgan fingerprint density at radius 1 is 1.05 bits per heavy atom. The van der Waals surface area contributed by atoms with Crippen LogP contribution in [0.4, 0.5) is 4.39 Å². The number of ketones is 1. The molecular weight excluding hydrogens is 259 g/mol. The molecule has 102 valence electrons. The fourth-order valence-corrected chi connectivity index (χ4v) is 1.85. The smallest absolute Gasteiger partial charge is 0.379 e. The molecule has 0 atom stereocenters. The largest absolute Gasteiger partial charge is 0.460 e. The Balaban J connectivity index is 2.43. The fraction of sp³-hybridized carbons (Fsp3) is 0.125. The van der Waals surface area contributed by atoms with Crippen molar-refractivity contribution in [1.29, 1.82) is 0 Å². The third-order valence-electron chi connectivity index (χ3n) is 2.79. The summed E-state index contributed by atoms with van der Waals surface area (Å²) in [4.78, 5) is 23.2. The molecule has 0 amide bonds. The molecule has 0 spiro atoms. The molecule has 0 saturated carbocycles. The molecule has 4 heteroatoms. The summed E-state index contributed by atoms with van der Waals surface area (Å²) in [5, 5.41) is 0. The first-order valence-electron chi connectivity index (χ1n) is 6.20. The third-order valence-corrected chi connectivity index (χ3v) is 2.79. The maximum Gasteiger partial charge on any atom is 0.379 e. The summed E-state index contributed by atoms with van der Waals surface area (Å²) in [6.07, 6.45) is 0. The molecule has 0 bridgehead atoms. The Kier molecular flexibility index (Phi) is 4.25. The van der Waals surface area contributed by atoms with E-state index >= 15 is 0 Å². The van der Waals surface area contributed by atoms with Crippen molar-refractivity contribution in [1.82, 2.24) is 0 Å². The Bertz CT molecular complexity index is 635. The van der Waals surface area contributed by atoms with Gasteiger partial charge in [0.2, 0.25) is 0 Å². The Morgan fingerprint density at radius 3 is 2.40 bits per heavy atom. The molecule has 0 N–H and O–H groups in total. The van der Waals surface area contributed by atoms with Gasteiger partial charge >= 0.3 is 5.97 Å². The highest BCUT2D eigenvalue weighted by molar-refractivity contribution is 6.40. The number of carbonyl (C=O) groups is 2. The van der Waals surface area contributed by atoms with Crippen molar-refractivity contribution in [3.8, 4) is 11.1 Å². The van der Waals surface area contributed by atoms with Crippen molar-refractivity contribution in [3.05, 3.63) is 59.9 Å². The van der Waals surface area contributed by atoms with Gasteiger partial charge in [-0.05, 0) is 18.6 Å². The monoisotopic (exact) mass is 272 g/mol. The summed E-state index contributed by atoms with van der Waals surface area (Å²) in [7, 11) is 0. The molecule has 0 aliphatic carbocycles. The van der Waals surface area contributed by atoms with Crippen LogP contribution in [-0.4, -0.2) is 18.4 Å². The Hall–Kier alpha value is -2.49. The molecule has 2 rings (SSSR count). The summed E-state index contributed by atoms with van der Waals surface area (Å²) in [6.45, 7) is 1.66. The van der Waals surface area contributed by atoms with Gasteiger partial charge in [0.05, 0.1) is 12.2 Å². The number of rotatable bonds is 4. The summed E-state index contributed by atoms with van der Waals surface area (Å²) in [6, 6.07) is 13.2. The molecule has 0 aliphatic heterocycles. The van der Waals surface area contributed by atoms with Gasteiger partial charge in [0, 0.05) is 5.56 Å². The maximum absolute atomic E-state index is 14.4. The third kappa shape index (κ3) is 2.74. The first kappa shape index (κ1) is 13.9. The van der Waals surface area contributed by atoms with Crippen LogP contribution in [0.5, 0.6) is 0 Å². The lowest BCUT2D eigenvalue weighted by Crippen LogP contribution is -2.19. The molecule has 2 aromatic carbocycles. The Labute approximate surface area is 116 Å². The zero-order valence-electron chi connectivity index (χ0n) is 10.9. The van der Waals surface area contributed by atoms with Crippen LogP contribution in [0, 0.1) is 5.82 Å². The predicted molar refractivity (Wildman–Crippen MR) is 72.8 cm³/mol. The van der Waals surface area contributed by atoms with Gasteiger partial charge in [-0.15, -0.1) is 0 Å². The Morgan fingerprint density at radius 2 is 1.75 bits per heavy atom. The number of carbonyl (C=O) groups excluding carboxylic acids is 2. The van der Waals surface area contributed by atoms with E-state index in [1.807, 2.05) is 6.07 Å². The van der Waals surface area contributed by atoms with E-state index in [1.54, 1.807) is 37.3 Å². The normalized spacial score (nSPS) is 10.1. The molecular formula is C16H13FO3. The van der Waals surface area contributed by atoms with E-state index in [-0.39, 0.29) is 17.7 Å². The van der Waals surface area contributed by atoms with Gasteiger partial charge in [0.25, 0.3) is 5.78 Å². The second kappa shape index (κ2) is 6.10. The first-order chi connectivity index (χ1) is 9.65. The average molecular weight is 272 g/mol. The first-order valence-corrected chi connectivity index (χ1v) is 6.20. The van der Waals surface area contributed by atoms with Crippen molar-refractivity contribution < 1.29 is 18.7 Å². The van der Waals surface area contributed by atoms with Crippen LogP contribution in [0.25, 0.3) is 11.1 Å². The zero-order valence-corrected chi connectivity index (χ0v) is 10.9. The number of hydrogen-bond donors (Lipinski definition) is 0. The van der Waals surface area contributed by atoms with Crippen LogP contribution >= 0.6 is 0 Å². The minimum atomic E-state index is -1.04. The average Bonchev–Trinajstić information content (AvgIpc) is 2.48. The zero-order chi connectivity index (χ0) is 14.5. The van der Waals surface area contributed by atoms with Gasteiger partial charge in [-0.2, -0.15) is 0 Å². The van der Waals surface area contributed by atoms with E-state index in [4.69, 9.17) is 0 Å². The van der Waals surface area contributed by atoms with Crippen molar-refractivity contribution in [2.24, 2.45) is 0 Å². The maximum atomic E-state index is 14.4. The quantitative estimate of drug-likeness (QED) is 0.487. The summed E-state index contributed by atoms with van der Waals surface area (Å²) in [5.74, 6) is -2.73. The van der Waals surface area contributed by atoms with Crippen LogP contribution < -0.4 is 0 Å². The molecule has 20 heavy (non-hydrogen) atoms. The van der Waals surface area contributed by atoms with E-state index in [0.717, 1.165) is 0 Å². The van der Waals surface area contributed by atoms with Gasteiger partial charge in [-0.1, -0.05) is 42.5 Å². The van der Waals surface area contributed by atoms with Gasteiger partial charge in [-0.3, -0.25) is 4.79 Å². The van der Waals surface area contributed by atoms with Crippen molar-refractivity contribution in [2.75, 3.05) is 6.61 Å². The number of esters is 1. The topological polar surface area (TPSA) is 43.4 Å². The van der Waals surface area contributed by atoms with Gasteiger partial charge < -0.3 is 4.74 Å². The van der Waals surface area contributed by atoms with Crippen LogP contribution in [0.15, 0.2) is 48.5 Å². The molecule has 3 nitrogen and oxygen atoms in total. The number of Topliss-reactive ketones (excluding diaryl/α,β-unsaturated/α-hetero) is 1. The predicted octanol–water partition coefficient (Wildman–Crippen LogP) is 3.24. The summed E-state index contributed by atoms with van der Waals surface area (Å²) >= 11 is 0. The molecule has 0 aliphatic rings. The van der Waals surface area contributed by atoms with Crippen molar-refractivity contribution in [2.45, 2.75) is 6.92 Å². The lowest BCUT2D eigenvalue weighted by molar-refractivity contribution is -0.137. The molecule has 0 aromatic heterocycles. The fourth-order valence-electron chi connectivity index (χ4n) is 1.85. The number of ether oxygens (including phenoxy) is 1. The number of benzene rings is 2. The molecule has 2 aromatic rings. The number of halogens is 1. The second-order valence-electron chi connectivity index (χ2n) is 4.08. The van der Waals surface area contributed by atoms with Crippen molar-refractivity contribution >= 4 is 11.8 Å². The van der Waals surface area contributed by atoms with E-state index in [9.17, 15) is 14.0 Å². The standard InChI is InChI=1S/C16H13FO3/c1-2-20-16(19)15(18)13-10-6-9-12(14(13)17)11-7-4-3-5-8-11/h3-10H,2H2,1H3. The van der Waals surface area contributed by atoms with E-state index in [2.05, 4.69) is 4.74 Å². The minimum absolute atomic E-state index is 0.0740. The summed E-state index contributed by atoms with van der Waals surface area (Å²) < 4.78 is 19.0. The van der Waals surface area contributed by atoms with Crippen LogP contribution in [0.2, 0.25) is 0 Å². The van der Waals surface area contributed by atoms with E-state index in [0.29, 0.717) is 5.56 Å². The minimum Gasteiger partial charge on any atom is -0.460 e. The lowest BCUT2D eigenvalue weighted by atomic mass is 10.0. The molecule has 0 fully saturated rings. The number of hydrogen-bond acceptors (Lipinski definition) is 3. The van der Waals surface area contributed by atoms with Crippen LogP contribution in [-0.2, 0) is 9.53 Å². The van der Waals surface area contributed by atoms with Crippen LogP contribution in [0.1, 0.15) is 17.3 Å². The molecule has 0 saturated heterocycles. The molecule has 0 heterocycles. The molecule has 0 unspecified atom stereocenters. The lowest BCUT2D eigenvalue weighted by Gasteiger charge is -2.07. The van der Waals surface area contributed by atoms with Gasteiger partial charge in [-0.25, -0.2) is 9.18 Å². The second-order valence-corrected chi connectivity index (χ2v) is 4.08. The van der Waals surface area contributed by atoms with E-state index in [1.165, 1.54) is 12.1 Å². The molecule has 0 radical (unpaired) electrons. The van der Waals surface area contributed by atoms with E-state index < -0.39 is 17.6 Å². The highest BCUT2D eigenvalue weighted by Crippen LogP contribution is 2.25. The SMILES string of the molecule is CCOC(=O)C(=O)c1cccc(-c2ccccc2)c1F. The van der Waals surface area contributed by atoms with Gasteiger partial charge in [0.15, 0.2) is 0 Å².